The molecule has 2 rings (SSSR count). The van der Waals surface area contributed by atoms with E-state index in [2.05, 4.69) is 15.9 Å². The third-order valence-corrected chi connectivity index (χ3v) is 3.34. The summed E-state index contributed by atoms with van der Waals surface area (Å²) in [5.41, 5.74) is 8.16. The third-order valence-electron chi connectivity index (χ3n) is 2.65. The van der Waals surface area contributed by atoms with Gasteiger partial charge in [0.2, 0.25) is 0 Å². The van der Waals surface area contributed by atoms with Crippen LogP contribution in [-0.2, 0) is 0 Å². The lowest BCUT2D eigenvalue weighted by Gasteiger charge is -2.13. The van der Waals surface area contributed by atoms with Gasteiger partial charge >= 0.3 is 0 Å². The molecular weight excluding hydrogens is 282 g/mol. The maximum Gasteiger partial charge on any atom is 0.120 e. The largest absolute Gasteiger partial charge is 0.497 e. The van der Waals surface area contributed by atoms with Crippen LogP contribution < -0.4 is 10.5 Å². The van der Waals surface area contributed by atoms with Crippen molar-refractivity contribution in [3.8, 4) is 5.75 Å². The molecule has 0 saturated carbocycles. The van der Waals surface area contributed by atoms with Gasteiger partial charge in [-0.1, -0.05) is 22.0 Å². The van der Waals surface area contributed by atoms with Crippen molar-refractivity contribution in [3.05, 3.63) is 51.9 Å². The Morgan fingerprint density at radius 1 is 1.35 bits per heavy atom. The Morgan fingerprint density at radius 3 is 2.65 bits per heavy atom. The normalized spacial score (nSPS) is 12.5. The highest BCUT2D eigenvalue weighted by Gasteiger charge is 2.14. The molecule has 90 valence electrons. The minimum absolute atomic E-state index is 0.201. The zero-order chi connectivity index (χ0) is 12.4. The van der Waals surface area contributed by atoms with Crippen LogP contribution in [0.3, 0.4) is 0 Å². The van der Waals surface area contributed by atoms with Crippen LogP contribution in [0.25, 0.3) is 0 Å². The summed E-state index contributed by atoms with van der Waals surface area (Å²) in [4.78, 5) is 0. The summed E-state index contributed by atoms with van der Waals surface area (Å²) in [7, 11) is 1.64. The molecule has 4 heteroatoms. The lowest BCUT2D eigenvalue weighted by Crippen LogP contribution is -2.11. The number of hydrogen-bond acceptors (Lipinski definition) is 3. The van der Waals surface area contributed by atoms with E-state index in [0.29, 0.717) is 0 Å². The molecular formula is C13H14BrNO2. The molecule has 1 unspecified atom stereocenters. The number of ether oxygens (including phenoxy) is 1. The maximum absolute atomic E-state index is 6.19. The Labute approximate surface area is 109 Å². The minimum atomic E-state index is -0.201. The van der Waals surface area contributed by atoms with Gasteiger partial charge < -0.3 is 14.9 Å². The average Bonchev–Trinajstić information content (AvgIpc) is 2.75. The Kier molecular flexibility index (Phi) is 3.54. The summed E-state index contributed by atoms with van der Waals surface area (Å²) in [6, 6.07) is 7.50. The summed E-state index contributed by atoms with van der Waals surface area (Å²) in [6.07, 6.45) is 1.69. The SMILES string of the molecule is COc1ccc(C(N)c2coc(C)c2)c(Br)c1. The van der Waals surface area contributed by atoms with Crippen molar-refractivity contribution < 1.29 is 9.15 Å². The van der Waals surface area contributed by atoms with Gasteiger partial charge in [-0.3, -0.25) is 0 Å². The number of furan rings is 1. The predicted molar refractivity (Wildman–Crippen MR) is 70.2 cm³/mol. The van der Waals surface area contributed by atoms with E-state index in [0.717, 1.165) is 27.1 Å². The number of methoxy groups -OCH3 is 1. The molecule has 1 heterocycles. The smallest absolute Gasteiger partial charge is 0.120 e. The average molecular weight is 296 g/mol. The van der Waals surface area contributed by atoms with Crippen molar-refractivity contribution in [2.75, 3.05) is 7.11 Å². The van der Waals surface area contributed by atoms with Crippen molar-refractivity contribution in [3.63, 3.8) is 0 Å². The van der Waals surface area contributed by atoms with E-state index in [9.17, 15) is 0 Å². The maximum atomic E-state index is 6.19. The summed E-state index contributed by atoms with van der Waals surface area (Å²) >= 11 is 3.50. The van der Waals surface area contributed by atoms with Gasteiger partial charge in [0.05, 0.1) is 19.4 Å². The van der Waals surface area contributed by atoms with Crippen LogP contribution in [-0.4, -0.2) is 7.11 Å². The molecule has 0 fully saturated rings. The lowest BCUT2D eigenvalue weighted by atomic mass is 10.0. The van der Waals surface area contributed by atoms with Crippen LogP contribution in [0, 0.1) is 6.92 Å². The van der Waals surface area contributed by atoms with Crippen molar-refractivity contribution in [2.24, 2.45) is 5.73 Å². The topological polar surface area (TPSA) is 48.4 Å². The Bertz CT molecular complexity index is 522. The predicted octanol–water partition coefficient (Wildman–Crippen LogP) is 3.41. The second-order valence-corrected chi connectivity index (χ2v) is 4.71. The second kappa shape index (κ2) is 4.94. The molecule has 2 aromatic rings. The summed E-state index contributed by atoms with van der Waals surface area (Å²) in [6.45, 7) is 1.90. The molecule has 0 aliphatic heterocycles. The highest BCUT2D eigenvalue weighted by molar-refractivity contribution is 9.10. The first-order chi connectivity index (χ1) is 8.11. The molecule has 0 bridgehead atoms. The van der Waals surface area contributed by atoms with Crippen LogP contribution in [0.1, 0.15) is 22.9 Å². The number of aryl methyl sites for hydroxylation is 1. The van der Waals surface area contributed by atoms with Crippen LogP contribution in [0.15, 0.2) is 39.4 Å². The number of halogens is 1. The van der Waals surface area contributed by atoms with Gasteiger partial charge in [0.25, 0.3) is 0 Å². The number of rotatable bonds is 3. The van der Waals surface area contributed by atoms with Gasteiger partial charge in [-0.15, -0.1) is 0 Å². The molecule has 0 aliphatic rings. The van der Waals surface area contributed by atoms with E-state index in [1.807, 2.05) is 31.2 Å². The first-order valence-electron chi connectivity index (χ1n) is 5.26. The molecule has 1 aromatic carbocycles. The third kappa shape index (κ3) is 2.53. The lowest BCUT2D eigenvalue weighted by molar-refractivity contribution is 0.414. The van der Waals surface area contributed by atoms with Crippen molar-refractivity contribution in [2.45, 2.75) is 13.0 Å². The van der Waals surface area contributed by atoms with Crippen LogP contribution in [0.2, 0.25) is 0 Å². The standard InChI is InChI=1S/C13H14BrNO2/c1-8-5-9(7-17-8)13(15)11-4-3-10(16-2)6-12(11)14/h3-7,13H,15H2,1-2H3. The zero-order valence-electron chi connectivity index (χ0n) is 9.74. The fourth-order valence-corrected chi connectivity index (χ4v) is 2.30. The highest BCUT2D eigenvalue weighted by atomic mass is 79.9. The van der Waals surface area contributed by atoms with Gasteiger partial charge in [-0.25, -0.2) is 0 Å². The number of benzene rings is 1. The van der Waals surface area contributed by atoms with Crippen molar-refractivity contribution in [1.82, 2.24) is 0 Å². The van der Waals surface area contributed by atoms with E-state index in [1.54, 1.807) is 13.4 Å². The molecule has 0 spiro atoms. The first kappa shape index (κ1) is 12.2. The molecule has 0 aliphatic carbocycles. The molecule has 1 atom stereocenters. The van der Waals surface area contributed by atoms with E-state index >= 15 is 0 Å². The van der Waals surface area contributed by atoms with Gasteiger partial charge in [0.15, 0.2) is 0 Å². The van der Waals surface area contributed by atoms with Crippen LogP contribution in [0.5, 0.6) is 5.75 Å². The molecule has 1 aromatic heterocycles. The van der Waals surface area contributed by atoms with E-state index in [1.165, 1.54) is 0 Å². The number of hydrogen-bond donors (Lipinski definition) is 1. The minimum Gasteiger partial charge on any atom is -0.497 e. The molecule has 17 heavy (non-hydrogen) atoms. The van der Waals surface area contributed by atoms with Crippen molar-refractivity contribution in [1.29, 1.82) is 0 Å². The van der Waals surface area contributed by atoms with E-state index < -0.39 is 0 Å². The first-order valence-corrected chi connectivity index (χ1v) is 6.05. The zero-order valence-corrected chi connectivity index (χ0v) is 11.3. The quantitative estimate of drug-likeness (QED) is 0.944. The Hall–Kier alpha value is -1.26. The van der Waals surface area contributed by atoms with Gasteiger partial charge in [-0.05, 0) is 30.7 Å². The van der Waals surface area contributed by atoms with Crippen LogP contribution in [0.4, 0.5) is 0 Å². The summed E-state index contributed by atoms with van der Waals surface area (Å²) in [5.74, 6) is 1.66. The van der Waals surface area contributed by atoms with Gasteiger partial charge in [0.1, 0.15) is 11.5 Å². The van der Waals surface area contributed by atoms with Gasteiger partial charge in [-0.2, -0.15) is 0 Å². The molecule has 0 amide bonds. The fourth-order valence-electron chi connectivity index (χ4n) is 1.69. The molecule has 2 N–H and O–H groups in total. The summed E-state index contributed by atoms with van der Waals surface area (Å²) in [5, 5.41) is 0. The number of nitrogens with two attached hydrogens (primary N) is 1. The monoisotopic (exact) mass is 295 g/mol. The van der Waals surface area contributed by atoms with Gasteiger partial charge in [0, 0.05) is 10.0 Å². The van der Waals surface area contributed by atoms with E-state index in [-0.39, 0.29) is 6.04 Å². The molecule has 3 nitrogen and oxygen atoms in total. The van der Waals surface area contributed by atoms with Crippen molar-refractivity contribution >= 4 is 15.9 Å². The molecule has 0 radical (unpaired) electrons. The molecule has 0 saturated heterocycles. The van der Waals surface area contributed by atoms with Crippen LogP contribution >= 0.6 is 15.9 Å². The fraction of sp³-hybridized carbons (Fsp3) is 0.231. The second-order valence-electron chi connectivity index (χ2n) is 3.86. The highest BCUT2D eigenvalue weighted by Crippen LogP contribution is 2.30. The Balaban J connectivity index is 2.34. The Morgan fingerprint density at radius 2 is 2.12 bits per heavy atom. The summed E-state index contributed by atoms with van der Waals surface area (Å²) < 4.78 is 11.4. The van der Waals surface area contributed by atoms with E-state index in [4.69, 9.17) is 14.9 Å².